The molecule has 0 aliphatic heterocycles. The van der Waals surface area contributed by atoms with Gasteiger partial charge in [-0.1, -0.05) is 41.9 Å². The average molecular weight is 510 g/mol. The molecule has 7 nitrogen and oxygen atoms in total. The van der Waals surface area contributed by atoms with Gasteiger partial charge in [0.1, 0.15) is 23.9 Å². The Labute approximate surface area is 200 Å². The topological polar surface area (TPSA) is 78.5 Å². The van der Waals surface area contributed by atoms with Crippen molar-refractivity contribution in [3.8, 4) is 11.5 Å². The van der Waals surface area contributed by atoms with Gasteiger partial charge in [0.2, 0.25) is 0 Å². The highest BCUT2D eigenvalue weighted by atomic mass is 79.9. The number of nitrogens with zero attached hydrogens (tertiary/aromatic N) is 2. The molecule has 2 aromatic heterocycles. The molecule has 1 amide bonds. The highest BCUT2D eigenvalue weighted by molar-refractivity contribution is 9.10. The molecule has 0 bridgehead atoms. The minimum absolute atomic E-state index is 0.197. The number of anilines is 1. The van der Waals surface area contributed by atoms with Crippen LogP contribution in [0.15, 0.2) is 81.9 Å². The number of carbonyl (C=O) groups is 1. The second-order valence-corrected chi connectivity index (χ2v) is 8.64. The van der Waals surface area contributed by atoms with Crippen molar-refractivity contribution in [3.05, 3.63) is 94.6 Å². The fraction of sp³-hybridized carbons (Fsp3) is 0.200. The third-order valence-electron chi connectivity index (χ3n) is 4.88. The fourth-order valence-electron chi connectivity index (χ4n) is 3.04. The average Bonchev–Trinajstić information content (AvgIpc) is 3.47. The van der Waals surface area contributed by atoms with E-state index in [-0.39, 0.29) is 25.0 Å². The lowest BCUT2D eigenvalue weighted by atomic mass is 10.0. The van der Waals surface area contributed by atoms with Gasteiger partial charge in [-0.3, -0.25) is 4.79 Å². The first-order valence-corrected chi connectivity index (χ1v) is 11.3. The van der Waals surface area contributed by atoms with Crippen molar-refractivity contribution in [3.63, 3.8) is 0 Å². The molecule has 1 N–H and O–H groups in total. The largest absolute Gasteiger partial charge is 0.486 e. The van der Waals surface area contributed by atoms with E-state index in [2.05, 4.69) is 40.2 Å². The smallest absolute Gasteiger partial charge is 0.291 e. The maximum Gasteiger partial charge on any atom is 0.291 e. The maximum absolute atomic E-state index is 12.5. The summed E-state index contributed by atoms with van der Waals surface area (Å²) < 4.78 is 19.6. The summed E-state index contributed by atoms with van der Waals surface area (Å²) in [5.41, 5.74) is 1.79. The number of benzene rings is 2. The van der Waals surface area contributed by atoms with Crippen LogP contribution in [0.1, 0.15) is 41.6 Å². The number of hydrogen-bond acceptors (Lipinski definition) is 5. The summed E-state index contributed by atoms with van der Waals surface area (Å²) >= 11 is 3.39. The molecule has 0 aliphatic rings. The Morgan fingerprint density at radius 2 is 1.73 bits per heavy atom. The van der Waals surface area contributed by atoms with Gasteiger partial charge in [0.05, 0.1) is 18.1 Å². The van der Waals surface area contributed by atoms with Crippen molar-refractivity contribution in [2.45, 2.75) is 33.1 Å². The standard InChI is InChI=1S/C25H24BrN3O4/c1-17(2)18-3-7-21(8-4-18)31-15-23-11-12-24(33-23)25(30)28-20-13-27-29(14-20)16-32-22-9-5-19(26)6-10-22/h3-14,17H,15-16H2,1-2H3,(H,28,30). The molecule has 0 atom stereocenters. The lowest BCUT2D eigenvalue weighted by molar-refractivity contribution is 0.0992. The number of ether oxygens (including phenoxy) is 2. The Bertz CT molecular complexity index is 1200. The van der Waals surface area contributed by atoms with Crippen LogP contribution in [-0.4, -0.2) is 15.7 Å². The number of carbonyl (C=O) groups excluding carboxylic acids is 1. The molecule has 0 saturated heterocycles. The third kappa shape index (κ3) is 6.26. The highest BCUT2D eigenvalue weighted by Crippen LogP contribution is 2.20. The molecule has 0 radical (unpaired) electrons. The Morgan fingerprint density at radius 1 is 1.03 bits per heavy atom. The first-order valence-electron chi connectivity index (χ1n) is 10.5. The van der Waals surface area contributed by atoms with Crippen molar-refractivity contribution in [1.29, 1.82) is 0 Å². The van der Waals surface area contributed by atoms with Crippen molar-refractivity contribution >= 4 is 27.5 Å². The lowest BCUT2D eigenvalue weighted by Crippen LogP contribution is -2.10. The molecule has 2 aromatic carbocycles. The van der Waals surface area contributed by atoms with E-state index in [1.807, 2.05) is 48.5 Å². The second kappa shape index (κ2) is 10.4. The Balaban J connectivity index is 1.27. The number of aromatic nitrogens is 2. The van der Waals surface area contributed by atoms with E-state index >= 15 is 0 Å². The molecule has 0 saturated carbocycles. The number of rotatable bonds is 9. The predicted molar refractivity (Wildman–Crippen MR) is 129 cm³/mol. The van der Waals surface area contributed by atoms with E-state index in [0.29, 0.717) is 17.4 Å². The van der Waals surface area contributed by atoms with Gasteiger partial charge in [0.25, 0.3) is 5.91 Å². The zero-order valence-electron chi connectivity index (χ0n) is 18.3. The zero-order chi connectivity index (χ0) is 23.2. The minimum Gasteiger partial charge on any atom is -0.486 e. The predicted octanol–water partition coefficient (Wildman–Crippen LogP) is 6.23. The second-order valence-electron chi connectivity index (χ2n) is 7.73. The van der Waals surface area contributed by atoms with E-state index in [9.17, 15) is 4.79 Å². The molecule has 0 unspecified atom stereocenters. The van der Waals surface area contributed by atoms with Crippen LogP contribution in [0.25, 0.3) is 0 Å². The van der Waals surface area contributed by atoms with Crippen molar-refractivity contribution < 1.29 is 18.7 Å². The van der Waals surface area contributed by atoms with Crippen LogP contribution >= 0.6 is 15.9 Å². The van der Waals surface area contributed by atoms with E-state index in [0.717, 1.165) is 16.0 Å². The van der Waals surface area contributed by atoms with Crippen LogP contribution in [-0.2, 0) is 13.3 Å². The van der Waals surface area contributed by atoms with Gasteiger partial charge >= 0.3 is 0 Å². The summed E-state index contributed by atoms with van der Waals surface area (Å²) in [6, 6.07) is 18.8. The van der Waals surface area contributed by atoms with Crippen LogP contribution in [0.4, 0.5) is 5.69 Å². The minimum atomic E-state index is -0.365. The molecular formula is C25H24BrN3O4. The van der Waals surface area contributed by atoms with Crippen LogP contribution in [0.5, 0.6) is 11.5 Å². The van der Waals surface area contributed by atoms with Gasteiger partial charge in [-0.05, 0) is 60.0 Å². The van der Waals surface area contributed by atoms with Crippen LogP contribution in [0.3, 0.4) is 0 Å². The third-order valence-corrected chi connectivity index (χ3v) is 5.41. The summed E-state index contributed by atoms with van der Waals surface area (Å²) in [5.74, 6) is 2.33. The molecule has 0 fully saturated rings. The molecule has 0 aliphatic carbocycles. The lowest BCUT2D eigenvalue weighted by Gasteiger charge is -2.08. The van der Waals surface area contributed by atoms with Gasteiger partial charge in [-0.15, -0.1) is 0 Å². The van der Waals surface area contributed by atoms with E-state index in [1.54, 1.807) is 29.2 Å². The number of hydrogen-bond donors (Lipinski definition) is 1. The Kier molecular flexibility index (Phi) is 7.14. The summed E-state index contributed by atoms with van der Waals surface area (Å²) in [5, 5.41) is 6.97. The molecule has 8 heteroatoms. The SMILES string of the molecule is CC(C)c1ccc(OCc2ccc(C(=O)Nc3cnn(COc4ccc(Br)cc4)c3)o2)cc1. The number of amides is 1. The highest BCUT2D eigenvalue weighted by Gasteiger charge is 2.13. The fourth-order valence-corrected chi connectivity index (χ4v) is 3.31. The van der Waals surface area contributed by atoms with E-state index in [4.69, 9.17) is 13.9 Å². The molecule has 0 spiro atoms. The molecule has 33 heavy (non-hydrogen) atoms. The monoisotopic (exact) mass is 509 g/mol. The van der Waals surface area contributed by atoms with Gasteiger partial charge in [0.15, 0.2) is 12.5 Å². The van der Waals surface area contributed by atoms with Crippen LogP contribution < -0.4 is 14.8 Å². The van der Waals surface area contributed by atoms with Gasteiger partial charge < -0.3 is 19.2 Å². The number of nitrogens with one attached hydrogen (secondary N) is 1. The first-order chi connectivity index (χ1) is 16.0. The molecule has 170 valence electrons. The Hall–Kier alpha value is -3.52. The summed E-state index contributed by atoms with van der Waals surface area (Å²) in [7, 11) is 0. The number of halogens is 1. The molecular weight excluding hydrogens is 486 g/mol. The summed E-state index contributed by atoms with van der Waals surface area (Å²) in [6.45, 7) is 4.75. The first kappa shape index (κ1) is 22.7. The van der Waals surface area contributed by atoms with Crippen LogP contribution in [0.2, 0.25) is 0 Å². The quantitative estimate of drug-likeness (QED) is 0.289. The van der Waals surface area contributed by atoms with Crippen molar-refractivity contribution in [2.75, 3.05) is 5.32 Å². The summed E-state index contributed by atoms with van der Waals surface area (Å²) in [4.78, 5) is 12.5. The van der Waals surface area contributed by atoms with E-state index in [1.165, 1.54) is 5.56 Å². The molecule has 4 rings (SSSR count). The summed E-state index contributed by atoms with van der Waals surface area (Å²) in [6.07, 6.45) is 3.24. The zero-order valence-corrected chi connectivity index (χ0v) is 19.9. The molecule has 2 heterocycles. The Morgan fingerprint density at radius 3 is 2.45 bits per heavy atom. The van der Waals surface area contributed by atoms with Crippen molar-refractivity contribution in [2.24, 2.45) is 0 Å². The maximum atomic E-state index is 12.5. The number of furan rings is 1. The molecule has 4 aromatic rings. The van der Waals surface area contributed by atoms with E-state index < -0.39 is 0 Å². The van der Waals surface area contributed by atoms with Gasteiger partial charge in [-0.2, -0.15) is 5.10 Å². The van der Waals surface area contributed by atoms with Crippen molar-refractivity contribution in [1.82, 2.24) is 9.78 Å². The van der Waals surface area contributed by atoms with Gasteiger partial charge in [0, 0.05) is 4.47 Å². The van der Waals surface area contributed by atoms with Gasteiger partial charge in [-0.25, -0.2) is 4.68 Å². The van der Waals surface area contributed by atoms with Crippen LogP contribution in [0, 0.1) is 0 Å². The normalized spacial score (nSPS) is 10.9.